The third-order valence-electron chi connectivity index (χ3n) is 15.7. The van der Waals surface area contributed by atoms with E-state index in [1.165, 1.54) is 48.5 Å². The zero-order valence-electron chi connectivity index (χ0n) is 43.0. The van der Waals surface area contributed by atoms with Gasteiger partial charge in [-0.05, 0) is 146 Å². The molecule has 2 aliphatic heterocycles. The molecule has 0 aliphatic carbocycles. The molecule has 0 radical (unpaired) electrons. The monoisotopic (exact) mass is 1010 g/mol. The van der Waals surface area contributed by atoms with Crippen LogP contribution in [0.3, 0.4) is 0 Å². The molecule has 0 saturated carbocycles. The lowest BCUT2D eigenvalue weighted by molar-refractivity contribution is 1.23. The van der Waals surface area contributed by atoms with E-state index in [2.05, 4.69) is 341 Å². The number of rotatable bonds is 12. The summed E-state index contributed by atoms with van der Waals surface area (Å²) in [6.07, 6.45) is 0. The maximum Gasteiger partial charge on any atom is 0.252 e. The third kappa shape index (κ3) is 7.92. The van der Waals surface area contributed by atoms with Gasteiger partial charge in [0.1, 0.15) is 0 Å². The quantitative estimate of drug-likeness (QED) is 0.0893. The van der Waals surface area contributed by atoms with Crippen molar-refractivity contribution in [2.45, 2.75) is 0 Å². The molecule has 2 heterocycles. The molecule has 12 aromatic rings. The van der Waals surface area contributed by atoms with Gasteiger partial charge in [-0.1, -0.05) is 212 Å². The van der Waals surface area contributed by atoms with Gasteiger partial charge in [-0.15, -0.1) is 0 Å². The number of fused-ring (bicyclic) bond motifs is 4. The summed E-state index contributed by atoms with van der Waals surface area (Å²) in [4.78, 5) is 9.92. The van der Waals surface area contributed by atoms with Gasteiger partial charge < -0.3 is 19.6 Å². The van der Waals surface area contributed by atoms with Crippen molar-refractivity contribution in [3.63, 3.8) is 0 Å². The summed E-state index contributed by atoms with van der Waals surface area (Å²) in [6, 6.07) is 119. The highest BCUT2D eigenvalue weighted by molar-refractivity contribution is 7.20. The van der Waals surface area contributed by atoms with Crippen molar-refractivity contribution in [2.24, 2.45) is 0 Å². The largest absolute Gasteiger partial charge is 0.311 e. The van der Waals surface area contributed by atoms with E-state index in [0.29, 0.717) is 0 Å². The second kappa shape index (κ2) is 20.0. The number of benzene rings is 12. The maximum atomic E-state index is 2.59. The van der Waals surface area contributed by atoms with Gasteiger partial charge in [0.2, 0.25) is 0 Å². The van der Waals surface area contributed by atoms with Gasteiger partial charge in [-0.3, -0.25) is 0 Å². The van der Waals surface area contributed by atoms with Gasteiger partial charge in [-0.25, -0.2) is 0 Å². The predicted molar refractivity (Wildman–Crippen MR) is 333 cm³/mol. The summed E-state index contributed by atoms with van der Waals surface area (Å²) in [5.74, 6) is 0. The van der Waals surface area contributed by atoms with E-state index in [-0.39, 0.29) is 6.71 Å². The van der Waals surface area contributed by atoms with Crippen LogP contribution in [0.5, 0.6) is 0 Å². The van der Waals surface area contributed by atoms with Crippen LogP contribution in [0.2, 0.25) is 0 Å². The Morgan fingerprint density at radius 2 is 0.526 bits per heavy atom. The van der Waals surface area contributed by atoms with Crippen molar-refractivity contribution in [2.75, 3.05) is 19.6 Å². The van der Waals surface area contributed by atoms with Crippen LogP contribution in [0.25, 0.3) is 0 Å². The summed E-state index contributed by atoms with van der Waals surface area (Å²) < 4.78 is 0. The molecule has 368 valence electrons. The lowest BCUT2D eigenvalue weighted by atomic mass is 9.33. The van der Waals surface area contributed by atoms with E-state index in [0.717, 1.165) is 56.9 Å². The molecule has 0 bridgehead atoms. The molecule has 6 heteroatoms. The van der Waals surface area contributed by atoms with Gasteiger partial charge in [-0.2, -0.15) is 0 Å². The van der Waals surface area contributed by atoms with Gasteiger partial charge in [0.25, 0.3) is 6.71 Å². The van der Waals surface area contributed by atoms with Crippen molar-refractivity contribution < 1.29 is 0 Å². The first kappa shape index (κ1) is 46.6. The zero-order valence-corrected chi connectivity index (χ0v) is 44.0. The Hall–Kier alpha value is -9.88. The van der Waals surface area contributed by atoms with Crippen molar-refractivity contribution in [1.82, 2.24) is 0 Å². The van der Waals surface area contributed by atoms with Gasteiger partial charge in [0.15, 0.2) is 8.07 Å². The van der Waals surface area contributed by atoms with Crippen molar-refractivity contribution >= 4 is 120 Å². The van der Waals surface area contributed by atoms with Crippen LogP contribution in [-0.4, -0.2) is 14.8 Å². The van der Waals surface area contributed by atoms with Crippen molar-refractivity contribution in [1.29, 1.82) is 0 Å². The second-order valence-electron chi connectivity index (χ2n) is 20.1. The molecule has 2 aliphatic rings. The first-order valence-corrected chi connectivity index (χ1v) is 28.9. The Balaban J connectivity index is 1.12. The number of nitrogens with zero attached hydrogens (tertiary/aromatic N) is 4. The van der Waals surface area contributed by atoms with E-state index >= 15 is 0 Å². The van der Waals surface area contributed by atoms with Crippen LogP contribution in [0.15, 0.2) is 322 Å². The lowest BCUT2D eigenvalue weighted by Gasteiger charge is -2.46. The van der Waals surface area contributed by atoms with Crippen LogP contribution >= 0.6 is 0 Å². The van der Waals surface area contributed by atoms with E-state index in [9.17, 15) is 0 Å². The molecule has 14 rings (SSSR count). The minimum atomic E-state index is -3.15. The van der Waals surface area contributed by atoms with Crippen LogP contribution in [0.4, 0.5) is 68.2 Å². The molecule has 0 aromatic heterocycles. The van der Waals surface area contributed by atoms with Gasteiger partial charge in [0.05, 0.1) is 0 Å². The molecule has 0 unspecified atom stereocenters. The highest BCUT2D eigenvalue weighted by Gasteiger charge is 2.48. The summed E-state index contributed by atoms with van der Waals surface area (Å²) >= 11 is 0. The second-order valence-corrected chi connectivity index (χ2v) is 23.9. The van der Waals surface area contributed by atoms with Crippen LogP contribution < -0.4 is 56.7 Å². The van der Waals surface area contributed by atoms with Gasteiger partial charge >= 0.3 is 0 Å². The first-order valence-electron chi connectivity index (χ1n) is 26.9. The molecule has 0 saturated heterocycles. The van der Waals surface area contributed by atoms with Gasteiger partial charge in [0, 0.05) is 68.2 Å². The minimum absolute atomic E-state index is 0.137. The fraction of sp³-hybridized carbons (Fsp3) is 0. The molecular formula is C72H53BN4Si. The van der Waals surface area contributed by atoms with E-state index in [1.807, 2.05) is 0 Å². The van der Waals surface area contributed by atoms with E-state index in [1.54, 1.807) is 0 Å². The van der Waals surface area contributed by atoms with Crippen molar-refractivity contribution in [3.05, 3.63) is 322 Å². The lowest BCUT2D eigenvalue weighted by Crippen LogP contribution is -2.75. The Morgan fingerprint density at radius 3 is 0.833 bits per heavy atom. The molecule has 0 N–H and O–H groups in total. The van der Waals surface area contributed by atoms with Crippen LogP contribution in [0, 0.1) is 0 Å². The molecular weight excluding hydrogens is 960 g/mol. The molecule has 0 spiro atoms. The SMILES string of the molecule is c1ccc(N(c2ccccc2)c2ccc3c(c2)N(c2ccccc2)c2cc([Si](c4ccccc4)(c4ccccc4)c4ccccc4)cc4c2B3c2ccc(N(c3ccccc3)c3ccccc3)cc2N4c2ccccc2)cc1. The third-order valence-corrected chi connectivity index (χ3v) is 20.4. The minimum Gasteiger partial charge on any atom is -0.311 e. The fourth-order valence-electron chi connectivity index (χ4n) is 12.4. The van der Waals surface area contributed by atoms with Crippen LogP contribution in [0.1, 0.15) is 0 Å². The Morgan fingerprint density at radius 1 is 0.244 bits per heavy atom. The number of hydrogen-bond donors (Lipinski definition) is 0. The topological polar surface area (TPSA) is 13.0 Å². The Labute approximate surface area is 458 Å². The summed E-state index contributed by atoms with van der Waals surface area (Å²) in [7, 11) is -3.15. The van der Waals surface area contributed by atoms with Crippen LogP contribution in [-0.2, 0) is 0 Å². The van der Waals surface area contributed by atoms with Crippen molar-refractivity contribution in [3.8, 4) is 0 Å². The fourth-order valence-corrected chi connectivity index (χ4v) is 17.2. The summed E-state index contributed by atoms with van der Waals surface area (Å²) in [6.45, 7) is -0.137. The zero-order chi connectivity index (χ0) is 51.8. The first-order chi connectivity index (χ1) is 38.7. The number of anilines is 12. The number of hydrogen-bond acceptors (Lipinski definition) is 4. The Kier molecular flexibility index (Phi) is 12.0. The normalized spacial score (nSPS) is 12.3. The van der Waals surface area contributed by atoms with E-state index in [4.69, 9.17) is 0 Å². The summed E-state index contributed by atoms with van der Waals surface area (Å²) in [5, 5.41) is 5.26. The molecule has 4 nitrogen and oxygen atoms in total. The Bertz CT molecular complexity index is 3650. The number of para-hydroxylation sites is 6. The summed E-state index contributed by atoms with van der Waals surface area (Å²) in [5.41, 5.74) is 17.1. The molecule has 0 fully saturated rings. The smallest absolute Gasteiger partial charge is 0.252 e. The maximum absolute atomic E-state index is 3.15. The molecule has 12 aromatic carbocycles. The highest BCUT2D eigenvalue weighted by atomic mass is 28.3. The highest BCUT2D eigenvalue weighted by Crippen LogP contribution is 2.47. The molecule has 0 atom stereocenters. The predicted octanol–water partition coefficient (Wildman–Crippen LogP) is 14.1. The molecule has 0 amide bonds. The average molecular weight is 1010 g/mol. The van der Waals surface area contributed by atoms with E-state index < -0.39 is 8.07 Å². The molecule has 78 heavy (non-hydrogen) atoms. The average Bonchev–Trinajstić information content (AvgIpc) is 3.64. The standard InChI is InChI=1S/C72H53BN4Si/c1-10-28-54(29-11-1)74(55-30-12-2-13-31-55)60-46-48-66-68(50-60)76(58-36-18-5-19-37-58)70-52-65(78(62-40-22-7-23-41-62,63-42-24-8-25-43-63)64-44-26-9-27-45-64)53-71-72(70)73(66)67-49-47-61(51-69(67)77(71)59-38-20-6-21-39-59)75(56-32-14-3-15-33-56)57-34-16-4-17-35-57/h1-53H.